The van der Waals surface area contributed by atoms with Crippen LogP contribution in [0.15, 0.2) is 18.2 Å². The summed E-state index contributed by atoms with van der Waals surface area (Å²) in [6, 6.07) is 5.56. The van der Waals surface area contributed by atoms with E-state index in [2.05, 4.69) is 20.4 Å². The molecule has 0 unspecified atom stereocenters. The third-order valence-corrected chi connectivity index (χ3v) is 4.89. The second-order valence-electron chi connectivity index (χ2n) is 6.16. The standard InChI is InChI=1S/C9H7N3O.C7H13N/c13-9-5-2-1-3-6-8(5)7(4-10-9)12-11-6;1-4-8-5-2-7(1)3-6-8/h1-3H,4H2,(H,10,13)(H,11,12);7H,1-6H2. The lowest BCUT2D eigenvalue weighted by Gasteiger charge is -2.38. The Morgan fingerprint density at radius 1 is 1.14 bits per heavy atom. The number of benzene rings is 1. The molecule has 0 saturated carbocycles. The monoisotopic (exact) mass is 284 g/mol. The van der Waals surface area contributed by atoms with Crippen LogP contribution in [0.5, 0.6) is 0 Å². The molecule has 3 fully saturated rings. The molecule has 1 aromatic carbocycles. The van der Waals surface area contributed by atoms with E-state index in [0.717, 1.165) is 22.5 Å². The van der Waals surface area contributed by atoms with Crippen LogP contribution in [0.4, 0.5) is 0 Å². The van der Waals surface area contributed by atoms with Crippen LogP contribution >= 0.6 is 0 Å². The first-order chi connectivity index (χ1) is 10.3. The van der Waals surface area contributed by atoms with E-state index >= 15 is 0 Å². The molecule has 2 bridgehead atoms. The quantitative estimate of drug-likeness (QED) is 0.777. The van der Waals surface area contributed by atoms with Gasteiger partial charge in [-0.1, -0.05) is 6.07 Å². The molecule has 5 heteroatoms. The minimum Gasteiger partial charge on any atom is -0.346 e. The van der Waals surface area contributed by atoms with Gasteiger partial charge in [0.1, 0.15) is 0 Å². The van der Waals surface area contributed by atoms with Crippen molar-refractivity contribution in [1.29, 1.82) is 0 Å². The van der Waals surface area contributed by atoms with Crippen LogP contribution in [-0.2, 0) is 6.54 Å². The van der Waals surface area contributed by atoms with Crippen molar-refractivity contribution in [3.05, 3.63) is 29.5 Å². The molecule has 4 aliphatic heterocycles. The average Bonchev–Trinajstić information content (AvgIpc) is 2.98. The topological polar surface area (TPSA) is 61.0 Å². The zero-order chi connectivity index (χ0) is 14.2. The van der Waals surface area contributed by atoms with Gasteiger partial charge in [-0.15, -0.1) is 0 Å². The van der Waals surface area contributed by atoms with Crippen LogP contribution in [-0.4, -0.2) is 40.6 Å². The summed E-state index contributed by atoms with van der Waals surface area (Å²) in [6.07, 6.45) is 4.46. The Bertz CT molecular complexity index is 647. The first-order valence-corrected chi connectivity index (χ1v) is 7.78. The smallest absolute Gasteiger partial charge is 0.252 e. The Hall–Kier alpha value is -1.88. The molecule has 6 rings (SSSR count). The molecule has 1 aromatic heterocycles. The van der Waals surface area contributed by atoms with Gasteiger partial charge in [-0.05, 0) is 56.9 Å². The molecule has 2 N–H and O–H groups in total. The summed E-state index contributed by atoms with van der Waals surface area (Å²) in [5.41, 5.74) is 2.57. The highest BCUT2D eigenvalue weighted by Gasteiger charge is 2.24. The first kappa shape index (κ1) is 12.8. The Morgan fingerprint density at radius 2 is 1.90 bits per heavy atom. The number of nitrogens with one attached hydrogen (secondary N) is 2. The van der Waals surface area contributed by atoms with Crippen molar-refractivity contribution in [3.63, 3.8) is 0 Å². The molecular formula is C16H20N4O. The van der Waals surface area contributed by atoms with Gasteiger partial charge in [0.25, 0.3) is 5.91 Å². The summed E-state index contributed by atoms with van der Waals surface area (Å²) < 4.78 is 0. The molecule has 0 aliphatic carbocycles. The van der Waals surface area contributed by atoms with Crippen LogP contribution in [0.3, 0.4) is 0 Å². The van der Waals surface area contributed by atoms with E-state index in [4.69, 9.17) is 0 Å². The molecule has 0 spiro atoms. The fourth-order valence-electron chi connectivity index (χ4n) is 3.58. The summed E-state index contributed by atoms with van der Waals surface area (Å²) in [7, 11) is 0. The van der Waals surface area contributed by atoms with Crippen molar-refractivity contribution in [2.45, 2.75) is 25.8 Å². The van der Waals surface area contributed by atoms with Gasteiger partial charge in [0.15, 0.2) is 0 Å². The predicted octanol–water partition coefficient (Wildman–Crippen LogP) is 1.91. The van der Waals surface area contributed by atoms with Crippen LogP contribution < -0.4 is 5.32 Å². The first-order valence-electron chi connectivity index (χ1n) is 7.78. The minimum atomic E-state index is -0.0144. The zero-order valence-electron chi connectivity index (χ0n) is 12.1. The van der Waals surface area contributed by atoms with Crippen molar-refractivity contribution < 1.29 is 4.79 Å². The maximum atomic E-state index is 11.4. The Kier molecular flexibility index (Phi) is 3.15. The van der Waals surface area contributed by atoms with E-state index in [1.807, 2.05) is 18.2 Å². The highest BCUT2D eigenvalue weighted by molar-refractivity contribution is 6.08. The lowest BCUT2D eigenvalue weighted by Crippen LogP contribution is -2.41. The number of nitrogens with zero attached hydrogens (tertiary/aromatic N) is 2. The fourth-order valence-corrected chi connectivity index (χ4v) is 3.58. The van der Waals surface area contributed by atoms with Crippen molar-refractivity contribution in [2.75, 3.05) is 19.6 Å². The molecule has 3 saturated heterocycles. The second kappa shape index (κ2) is 5.15. The Labute approximate surface area is 123 Å². The normalized spacial score (nSPS) is 26.2. The number of carbonyl (C=O) groups is 1. The lowest BCUT2D eigenvalue weighted by molar-refractivity contribution is 0.0949. The van der Waals surface area contributed by atoms with Crippen LogP contribution in [0.2, 0.25) is 0 Å². The number of H-pyrrole nitrogens is 1. The number of aromatic nitrogens is 2. The number of hydrogen-bond donors (Lipinski definition) is 2. The molecule has 110 valence electrons. The molecule has 1 amide bonds. The third kappa shape index (κ3) is 2.31. The zero-order valence-corrected chi connectivity index (χ0v) is 12.1. The van der Waals surface area contributed by atoms with Crippen LogP contribution in [0, 0.1) is 5.92 Å². The minimum absolute atomic E-state index is 0.0144. The van der Waals surface area contributed by atoms with Crippen molar-refractivity contribution in [1.82, 2.24) is 20.4 Å². The highest BCUT2D eigenvalue weighted by Crippen LogP contribution is 2.26. The second-order valence-corrected chi connectivity index (χ2v) is 6.16. The molecule has 5 nitrogen and oxygen atoms in total. The molecular weight excluding hydrogens is 264 g/mol. The van der Waals surface area contributed by atoms with Crippen LogP contribution in [0.1, 0.15) is 35.3 Å². The van der Waals surface area contributed by atoms with Gasteiger partial charge in [0, 0.05) is 5.39 Å². The van der Waals surface area contributed by atoms with Gasteiger partial charge < -0.3 is 10.2 Å². The van der Waals surface area contributed by atoms with Gasteiger partial charge in [0.2, 0.25) is 0 Å². The van der Waals surface area contributed by atoms with E-state index in [1.165, 1.54) is 38.9 Å². The number of amides is 1. The summed E-state index contributed by atoms with van der Waals surface area (Å²) in [4.78, 5) is 14.0. The highest BCUT2D eigenvalue weighted by atomic mass is 16.1. The maximum Gasteiger partial charge on any atom is 0.252 e. The molecule has 4 aliphatic rings. The molecule has 21 heavy (non-hydrogen) atoms. The van der Waals surface area contributed by atoms with E-state index in [0.29, 0.717) is 12.1 Å². The number of fused-ring (bicyclic) bond motifs is 3. The number of rotatable bonds is 0. The number of piperidine rings is 3. The summed E-state index contributed by atoms with van der Waals surface area (Å²) in [6.45, 7) is 4.73. The number of hydrogen-bond acceptors (Lipinski definition) is 3. The van der Waals surface area contributed by atoms with Crippen molar-refractivity contribution in [3.8, 4) is 0 Å². The van der Waals surface area contributed by atoms with E-state index in [-0.39, 0.29) is 5.91 Å². The maximum absolute atomic E-state index is 11.4. The van der Waals surface area contributed by atoms with Gasteiger partial charge in [-0.3, -0.25) is 9.89 Å². The summed E-state index contributed by atoms with van der Waals surface area (Å²) in [5.74, 6) is 1.10. The van der Waals surface area contributed by atoms with Gasteiger partial charge >= 0.3 is 0 Å². The van der Waals surface area contributed by atoms with Crippen molar-refractivity contribution in [2.24, 2.45) is 5.92 Å². The van der Waals surface area contributed by atoms with E-state index in [9.17, 15) is 4.79 Å². The fraction of sp³-hybridized carbons (Fsp3) is 0.500. The Morgan fingerprint density at radius 3 is 2.52 bits per heavy atom. The number of aromatic amines is 1. The molecule has 0 atom stereocenters. The lowest BCUT2D eigenvalue weighted by atomic mass is 9.89. The van der Waals surface area contributed by atoms with Gasteiger partial charge in [-0.25, -0.2) is 0 Å². The van der Waals surface area contributed by atoms with E-state index < -0.39 is 0 Å². The van der Waals surface area contributed by atoms with E-state index in [1.54, 1.807) is 0 Å². The third-order valence-electron chi connectivity index (χ3n) is 4.89. The number of carbonyl (C=O) groups excluding carboxylic acids is 1. The largest absolute Gasteiger partial charge is 0.346 e. The van der Waals surface area contributed by atoms with Crippen LogP contribution in [0.25, 0.3) is 10.9 Å². The van der Waals surface area contributed by atoms with Crippen molar-refractivity contribution >= 4 is 16.8 Å². The summed E-state index contributed by atoms with van der Waals surface area (Å²) in [5, 5.41) is 10.8. The average molecular weight is 284 g/mol. The molecule has 2 aromatic rings. The molecule has 0 radical (unpaired) electrons. The SMILES string of the molecule is C1CN2CCC1CC2.O=C1NCc2[nH]nc3cccc1c23. The van der Waals surface area contributed by atoms with Gasteiger partial charge in [0.05, 0.1) is 23.3 Å². The molecule has 5 heterocycles. The predicted molar refractivity (Wildman–Crippen MR) is 81.0 cm³/mol. The van der Waals surface area contributed by atoms with Gasteiger partial charge in [-0.2, -0.15) is 5.10 Å². The Balaban J connectivity index is 0.000000123. The summed E-state index contributed by atoms with van der Waals surface area (Å²) >= 11 is 0.